The van der Waals surface area contributed by atoms with Gasteiger partial charge in [-0.05, 0) is 30.7 Å². The first-order valence-corrected chi connectivity index (χ1v) is 9.47. The molecule has 0 spiro atoms. The van der Waals surface area contributed by atoms with Crippen molar-refractivity contribution in [1.82, 2.24) is 5.32 Å². The summed E-state index contributed by atoms with van der Waals surface area (Å²) in [6.07, 6.45) is 0.714. The summed E-state index contributed by atoms with van der Waals surface area (Å²) in [6, 6.07) is 6.25. The fourth-order valence-electron chi connectivity index (χ4n) is 2.55. The van der Waals surface area contributed by atoms with Crippen molar-refractivity contribution >= 4 is 31.5 Å². The van der Waals surface area contributed by atoms with Gasteiger partial charge in [0.2, 0.25) is 0 Å². The third kappa shape index (κ3) is 3.74. The molecule has 1 fully saturated rings. The predicted octanol–water partition coefficient (Wildman–Crippen LogP) is 2.18. The lowest BCUT2D eigenvalue weighted by molar-refractivity contribution is 0.600. The van der Waals surface area contributed by atoms with E-state index in [1.54, 1.807) is 0 Å². The summed E-state index contributed by atoms with van der Waals surface area (Å²) in [5.41, 5.74) is 2.30. The molecule has 0 amide bonds. The summed E-state index contributed by atoms with van der Waals surface area (Å²) >= 11 is 3.50. The third-order valence-corrected chi connectivity index (χ3v) is 5.99. The largest absolute Gasteiger partial charge is 0.370 e. The number of benzene rings is 1. The molecule has 0 aromatic heterocycles. The fourth-order valence-corrected chi connectivity index (χ4v) is 4.68. The molecule has 1 heterocycles. The number of halogens is 1. The Bertz CT molecular complexity index is 575. The Morgan fingerprint density at radius 2 is 2.20 bits per heavy atom. The van der Waals surface area contributed by atoms with Crippen LogP contribution in [0.3, 0.4) is 0 Å². The van der Waals surface area contributed by atoms with Crippen molar-refractivity contribution in [2.45, 2.75) is 25.9 Å². The summed E-state index contributed by atoms with van der Waals surface area (Å²) in [7, 11) is -0.869. The van der Waals surface area contributed by atoms with Gasteiger partial charge in [-0.25, -0.2) is 8.42 Å². The minimum atomic E-state index is -2.86. The number of rotatable bonds is 5. The van der Waals surface area contributed by atoms with Gasteiger partial charge in [0.25, 0.3) is 0 Å². The Morgan fingerprint density at radius 3 is 2.80 bits per heavy atom. The number of hydrogen-bond donors (Lipinski definition) is 1. The van der Waals surface area contributed by atoms with Gasteiger partial charge in [-0.2, -0.15) is 0 Å². The molecule has 2 rings (SSSR count). The maximum atomic E-state index is 11.7. The van der Waals surface area contributed by atoms with E-state index in [1.807, 2.05) is 13.1 Å². The maximum Gasteiger partial charge on any atom is 0.152 e. The summed E-state index contributed by atoms with van der Waals surface area (Å²) in [5.74, 6) is 0.565. The smallest absolute Gasteiger partial charge is 0.152 e. The molecule has 1 aliphatic heterocycles. The van der Waals surface area contributed by atoms with E-state index < -0.39 is 9.84 Å². The zero-order chi connectivity index (χ0) is 14.8. The quantitative estimate of drug-likeness (QED) is 0.874. The van der Waals surface area contributed by atoms with Crippen LogP contribution in [0.1, 0.15) is 18.9 Å². The van der Waals surface area contributed by atoms with E-state index in [2.05, 4.69) is 45.2 Å². The van der Waals surface area contributed by atoms with Crippen LogP contribution in [-0.4, -0.2) is 39.6 Å². The molecule has 0 bridgehead atoms. The average Bonchev–Trinajstić information content (AvgIpc) is 2.77. The molecule has 0 aliphatic carbocycles. The van der Waals surface area contributed by atoms with Crippen LogP contribution in [0.4, 0.5) is 5.69 Å². The summed E-state index contributed by atoms with van der Waals surface area (Å²) in [5, 5.41) is 3.33. The highest BCUT2D eigenvalue weighted by molar-refractivity contribution is 9.10. The summed E-state index contributed by atoms with van der Waals surface area (Å²) in [4.78, 5) is 2.11. The third-order valence-electron chi connectivity index (χ3n) is 3.75. The van der Waals surface area contributed by atoms with Gasteiger partial charge in [0.05, 0.1) is 11.5 Å². The maximum absolute atomic E-state index is 11.7. The number of anilines is 1. The van der Waals surface area contributed by atoms with Crippen molar-refractivity contribution in [2.75, 3.05) is 30.0 Å². The van der Waals surface area contributed by atoms with Crippen LogP contribution in [0.5, 0.6) is 0 Å². The second kappa shape index (κ2) is 6.45. The topological polar surface area (TPSA) is 49.4 Å². The van der Waals surface area contributed by atoms with Crippen molar-refractivity contribution in [1.29, 1.82) is 0 Å². The van der Waals surface area contributed by atoms with Gasteiger partial charge in [-0.1, -0.05) is 28.9 Å². The van der Waals surface area contributed by atoms with E-state index in [9.17, 15) is 8.42 Å². The van der Waals surface area contributed by atoms with E-state index >= 15 is 0 Å². The molecule has 0 saturated carbocycles. The van der Waals surface area contributed by atoms with Gasteiger partial charge < -0.3 is 10.2 Å². The minimum absolute atomic E-state index is 0.0784. The minimum Gasteiger partial charge on any atom is -0.370 e. The molecule has 4 nitrogen and oxygen atoms in total. The first-order valence-electron chi connectivity index (χ1n) is 6.85. The van der Waals surface area contributed by atoms with Crippen molar-refractivity contribution < 1.29 is 8.42 Å². The second-order valence-electron chi connectivity index (χ2n) is 5.22. The molecule has 0 radical (unpaired) electrons. The second-order valence-corrected chi connectivity index (χ2v) is 8.37. The highest BCUT2D eigenvalue weighted by atomic mass is 79.9. The van der Waals surface area contributed by atoms with Gasteiger partial charge in [-0.3, -0.25) is 0 Å². The zero-order valence-electron chi connectivity index (χ0n) is 11.9. The van der Waals surface area contributed by atoms with E-state index in [4.69, 9.17) is 0 Å². The Hall–Kier alpha value is -0.590. The van der Waals surface area contributed by atoms with Gasteiger partial charge in [0.15, 0.2) is 9.84 Å². The molecule has 1 aliphatic rings. The van der Waals surface area contributed by atoms with Crippen molar-refractivity contribution in [3.8, 4) is 0 Å². The first kappa shape index (κ1) is 15.8. The molecule has 20 heavy (non-hydrogen) atoms. The normalized spacial score (nSPS) is 21.1. The average molecular weight is 361 g/mol. The highest BCUT2D eigenvalue weighted by Crippen LogP contribution is 2.29. The number of sulfone groups is 1. The molecule has 1 saturated heterocycles. The van der Waals surface area contributed by atoms with Gasteiger partial charge in [-0.15, -0.1) is 0 Å². The van der Waals surface area contributed by atoms with E-state index in [0.29, 0.717) is 12.2 Å². The monoisotopic (exact) mass is 360 g/mol. The van der Waals surface area contributed by atoms with Gasteiger partial charge in [0, 0.05) is 29.8 Å². The number of nitrogens with zero attached hydrogens (tertiary/aromatic N) is 1. The molecule has 112 valence electrons. The summed E-state index contributed by atoms with van der Waals surface area (Å²) in [6.45, 7) is 3.78. The number of nitrogens with one attached hydrogen (secondary N) is 1. The lowest BCUT2D eigenvalue weighted by Gasteiger charge is -2.28. The Kier molecular flexibility index (Phi) is 5.09. The molecule has 1 N–H and O–H groups in total. The van der Waals surface area contributed by atoms with Crippen LogP contribution in [0, 0.1) is 0 Å². The van der Waals surface area contributed by atoms with E-state index in [1.165, 1.54) is 5.56 Å². The van der Waals surface area contributed by atoms with E-state index in [-0.39, 0.29) is 11.8 Å². The van der Waals surface area contributed by atoms with Crippen LogP contribution in [0.2, 0.25) is 0 Å². The fraction of sp³-hybridized carbons (Fsp3) is 0.571. The number of hydrogen-bond acceptors (Lipinski definition) is 4. The zero-order valence-corrected chi connectivity index (χ0v) is 14.3. The molecule has 1 atom stereocenters. The molecule has 6 heteroatoms. The Balaban J connectivity index is 2.24. The van der Waals surface area contributed by atoms with E-state index in [0.717, 1.165) is 23.2 Å². The SMILES string of the molecule is CCNCc1ccc(Br)cc1N(C)C1CCS(=O)(=O)C1. The molecule has 1 aromatic rings. The van der Waals surface area contributed by atoms with Crippen molar-refractivity contribution in [3.05, 3.63) is 28.2 Å². The first-order chi connectivity index (χ1) is 9.43. The standard InChI is InChI=1S/C14H21BrN2O2S/c1-3-16-9-11-4-5-12(15)8-14(11)17(2)13-6-7-20(18,19)10-13/h4-5,8,13,16H,3,6-7,9-10H2,1-2H3. The lowest BCUT2D eigenvalue weighted by atomic mass is 10.1. The Morgan fingerprint density at radius 1 is 1.45 bits per heavy atom. The van der Waals surface area contributed by atoms with Crippen LogP contribution in [-0.2, 0) is 16.4 Å². The van der Waals surface area contributed by atoms with Crippen LogP contribution in [0.15, 0.2) is 22.7 Å². The summed E-state index contributed by atoms with van der Waals surface area (Å²) < 4.78 is 24.3. The molecule has 1 aromatic carbocycles. The van der Waals surface area contributed by atoms with Gasteiger partial charge in [0.1, 0.15) is 0 Å². The highest BCUT2D eigenvalue weighted by Gasteiger charge is 2.31. The Labute approximate surface area is 129 Å². The molecule has 1 unspecified atom stereocenters. The van der Waals surface area contributed by atoms with Crippen LogP contribution >= 0.6 is 15.9 Å². The van der Waals surface area contributed by atoms with Crippen molar-refractivity contribution in [2.24, 2.45) is 0 Å². The predicted molar refractivity (Wildman–Crippen MR) is 87.0 cm³/mol. The lowest BCUT2D eigenvalue weighted by Crippen LogP contribution is -2.33. The molecular formula is C14H21BrN2O2S. The van der Waals surface area contributed by atoms with Gasteiger partial charge >= 0.3 is 0 Å². The molecular weight excluding hydrogens is 340 g/mol. The van der Waals surface area contributed by atoms with Crippen molar-refractivity contribution in [3.63, 3.8) is 0 Å². The van der Waals surface area contributed by atoms with Crippen LogP contribution in [0.25, 0.3) is 0 Å². The van der Waals surface area contributed by atoms with Crippen LogP contribution < -0.4 is 10.2 Å².